The summed E-state index contributed by atoms with van der Waals surface area (Å²) in [6, 6.07) is -1.58. The molecule has 0 amide bonds. The van der Waals surface area contributed by atoms with Crippen molar-refractivity contribution in [2.45, 2.75) is 166 Å². The molecule has 0 bridgehead atoms. The van der Waals surface area contributed by atoms with Crippen LogP contribution in [0, 0.1) is 0 Å². The smallest absolute Gasteiger partial charge is 0.472 e. The van der Waals surface area contributed by atoms with E-state index in [-0.39, 0.29) is 25.7 Å². The van der Waals surface area contributed by atoms with Crippen molar-refractivity contribution in [2.75, 3.05) is 19.8 Å². The van der Waals surface area contributed by atoms with Crippen LogP contribution in [-0.4, -0.2) is 93.5 Å². The number of aliphatic hydroxyl groups is 3. The monoisotopic (exact) mass is 803 g/mol. The van der Waals surface area contributed by atoms with Crippen LogP contribution in [0.3, 0.4) is 0 Å². The number of carbonyl (C=O) groups is 3. The maximum absolute atomic E-state index is 12.6. The van der Waals surface area contributed by atoms with Crippen LogP contribution in [-0.2, 0) is 37.5 Å². The number of aliphatic carboxylic acids is 1. The molecule has 14 nitrogen and oxygen atoms in total. The normalized spacial score (nSPS) is 16.1. The van der Waals surface area contributed by atoms with Gasteiger partial charge in [0.25, 0.3) is 0 Å². The van der Waals surface area contributed by atoms with E-state index in [2.05, 4.69) is 18.4 Å². The Morgan fingerprint density at radius 3 is 1.75 bits per heavy atom. The molecule has 1 unspecified atom stereocenters. The van der Waals surface area contributed by atoms with Crippen LogP contribution in [0.2, 0.25) is 0 Å². The number of hydrogen-bond donors (Lipinski definition) is 6. The highest BCUT2D eigenvalue weighted by Crippen LogP contribution is 2.43. The number of esters is 2. The van der Waals surface area contributed by atoms with Gasteiger partial charge in [0.15, 0.2) is 6.10 Å². The first-order valence-corrected chi connectivity index (χ1v) is 21.5. The second-order valence-electron chi connectivity index (χ2n) is 13.6. The van der Waals surface area contributed by atoms with Gasteiger partial charge in [0.1, 0.15) is 12.6 Å². The number of allylic oxidation sites excluding steroid dienone is 6. The van der Waals surface area contributed by atoms with Crippen molar-refractivity contribution in [2.24, 2.45) is 5.73 Å². The van der Waals surface area contributed by atoms with Crippen molar-refractivity contribution in [3.63, 3.8) is 0 Å². The molecule has 0 aromatic heterocycles. The van der Waals surface area contributed by atoms with E-state index < -0.39 is 76.0 Å². The average molecular weight is 804 g/mol. The highest BCUT2D eigenvalue weighted by molar-refractivity contribution is 7.47. The summed E-state index contributed by atoms with van der Waals surface area (Å²) in [4.78, 5) is 45.8. The Bertz CT molecular complexity index is 1180. The zero-order chi connectivity index (χ0) is 41.2. The van der Waals surface area contributed by atoms with Gasteiger partial charge in [-0.25, -0.2) is 4.57 Å². The summed E-state index contributed by atoms with van der Waals surface area (Å²) in [5.74, 6) is -2.76. The fraction of sp³-hybridized carbons (Fsp3) is 0.725. The molecule has 318 valence electrons. The molecule has 0 fully saturated rings. The van der Waals surface area contributed by atoms with Gasteiger partial charge in [0.2, 0.25) is 0 Å². The van der Waals surface area contributed by atoms with E-state index in [9.17, 15) is 39.2 Å². The zero-order valence-corrected chi connectivity index (χ0v) is 34.0. The van der Waals surface area contributed by atoms with Crippen molar-refractivity contribution in [3.05, 3.63) is 48.6 Å². The fourth-order valence-electron chi connectivity index (χ4n) is 5.09. The molecule has 7 N–H and O–H groups in total. The van der Waals surface area contributed by atoms with Gasteiger partial charge in [-0.1, -0.05) is 146 Å². The molecule has 6 atom stereocenters. The number of rotatable bonds is 36. The Balaban J connectivity index is 4.79. The van der Waals surface area contributed by atoms with E-state index in [1.165, 1.54) is 51.0 Å². The summed E-state index contributed by atoms with van der Waals surface area (Å²) in [5.41, 5.74) is 5.29. The summed E-state index contributed by atoms with van der Waals surface area (Å²) in [5, 5.41) is 39.3. The van der Waals surface area contributed by atoms with Crippen LogP contribution in [0.5, 0.6) is 0 Å². The highest BCUT2D eigenvalue weighted by atomic mass is 31.2. The number of carbonyl (C=O) groups excluding carboxylic acids is 2. The number of unbranched alkanes of at least 4 members (excludes halogenated alkanes) is 12. The van der Waals surface area contributed by atoms with Gasteiger partial charge in [0.05, 0.1) is 31.5 Å². The maximum Gasteiger partial charge on any atom is 0.472 e. The van der Waals surface area contributed by atoms with E-state index in [1.807, 2.05) is 0 Å². The van der Waals surface area contributed by atoms with Crippen LogP contribution in [0.15, 0.2) is 48.6 Å². The second kappa shape index (κ2) is 34.6. The van der Waals surface area contributed by atoms with Crippen LogP contribution >= 0.6 is 7.82 Å². The SMILES string of the molecule is CCCCCCCCCCCCCC(=O)OC[C@H](COP(=O)(O)OC[C@H](N)C(=O)O)OC(=O)CCC[C@H](O)[C@@H](O)/C=C/C=C/C=C\C=C\[C@@H](O)CCCCC. The van der Waals surface area contributed by atoms with E-state index in [1.54, 1.807) is 42.5 Å². The number of aliphatic hydroxyl groups excluding tert-OH is 3. The molecule has 0 radical (unpaired) electrons. The van der Waals surface area contributed by atoms with Crippen LogP contribution in [0.4, 0.5) is 0 Å². The van der Waals surface area contributed by atoms with Gasteiger partial charge in [0, 0.05) is 12.8 Å². The van der Waals surface area contributed by atoms with E-state index in [0.29, 0.717) is 6.42 Å². The fourth-order valence-corrected chi connectivity index (χ4v) is 5.87. The minimum absolute atomic E-state index is 0.0498. The first kappa shape index (κ1) is 52.3. The number of hydrogen-bond acceptors (Lipinski definition) is 12. The Kier molecular flexibility index (Phi) is 32.9. The van der Waals surface area contributed by atoms with Gasteiger partial charge in [-0.15, -0.1) is 0 Å². The Morgan fingerprint density at radius 2 is 1.15 bits per heavy atom. The minimum atomic E-state index is -4.81. The predicted octanol–water partition coefficient (Wildman–Crippen LogP) is 6.75. The molecule has 0 aliphatic carbocycles. The Hall–Kier alpha value is -2.68. The third-order valence-corrected chi connectivity index (χ3v) is 9.40. The Labute approximate surface area is 328 Å². The lowest BCUT2D eigenvalue weighted by molar-refractivity contribution is -0.161. The molecule has 0 saturated carbocycles. The predicted molar refractivity (Wildman–Crippen MR) is 212 cm³/mol. The van der Waals surface area contributed by atoms with Crippen molar-refractivity contribution in [3.8, 4) is 0 Å². The molecule has 15 heteroatoms. The number of phosphoric acid groups is 1. The summed E-state index contributed by atoms with van der Waals surface area (Å²) in [6.45, 7) is 2.31. The van der Waals surface area contributed by atoms with Crippen molar-refractivity contribution < 1.29 is 62.8 Å². The number of nitrogens with two attached hydrogens (primary N) is 1. The van der Waals surface area contributed by atoms with Crippen molar-refractivity contribution >= 4 is 25.7 Å². The lowest BCUT2D eigenvalue weighted by Crippen LogP contribution is -2.34. The van der Waals surface area contributed by atoms with E-state index >= 15 is 0 Å². The third-order valence-electron chi connectivity index (χ3n) is 8.45. The molecule has 0 aromatic carbocycles. The molecule has 0 saturated heterocycles. The molecule has 0 aromatic rings. The Morgan fingerprint density at radius 1 is 0.636 bits per heavy atom. The second-order valence-corrected chi connectivity index (χ2v) is 15.1. The molecule has 0 aliphatic heterocycles. The molecular weight excluding hydrogens is 733 g/mol. The van der Waals surface area contributed by atoms with Crippen molar-refractivity contribution in [1.82, 2.24) is 0 Å². The average Bonchev–Trinajstić information content (AvgIpc) is 3.14. The van der Waals surface area contributed by atoms with Crippen molar-refractivity contribution in [1.29, 1.82) is 0 Å². The van der Waals surface area contributed by atoms with Crippen LogP contribution in [0.25, 0.3) is 0 Å². The molecule has 55 heavy (non-hydrogen) atoms. The summed E-state index contributed by atoms with van der Waals surface area (Å²) in [7, 11) is -4.81. The summed E-state index contributed by atoms with van der Waals surface area (Å²) < 4.78 is 32.3. The van der Waals surface area contributed by atoms with Gasteiger partial charge in [-0.2, -0.15) is 0 Å². The number of phosphoric ester groups is 1. The van der Waals surface area contributed by atoms with E-state index in [0.717, 1.165) is 44.9 Å². The largest absolute Gasteiger partial charge is 0.480 e. The van der Waals surface area contributed by atoms with Gasteiger partial charge in [-0.3, -0.25) is 23.4 Å². The van der Waals surface area contributed by atoms with E-state index in [4.69, 9.17) is 24.8 Å². The number of carboxylic acids is 1. The van der Waals surface area contributed by atoms with Crippen LogP contribution in [0.1, 0.15) is 136 Å². The quantitative estimate of drug-likeness (QED) is 0.0167. The zero-order valence-electron chi connectivity index (χ0n) is 33.1. The van der Waals surface area contributed by atoms with Gasteiger partial charge in [-0.05, 0) is 25.7 Å². The lowest BCUT2D eigenvalue weighted by Gasteiger charge is -2.20. The first-order chi connectivity index (χ1) is 26.3. The van der Waals surface area contributed by atoms with Crippen LogP contribution < -0.4 is 5.73 Å². The topological polar surface area (TPSA) is 232 Å². The number of carboxylic acid groups (broad SMARTS) is 1. The van der Waals surface area contributed by atoms with Gasteiger partial charge < -0.3 is 40.5 Å². The molecular formula is C40H70NO13P. The third kappa shape index (κ3) is 33.2. The minimum Gasteiger partial charge on any atom is -0.480 e. The number of ether oxygens (including phenoxy) is 2. The highest BCUT2D eigenvalue weighted by Gasteiger charge is 2.28. The standard InChI is InChI=1S/C40H70NO13P/c1-3-5-7-8-9-10-11-12-13-18-22-28-38(45)51-30-34(31-52-55(49,50)53-32-35(41)40(47)48)54-39(46)29-23-27-37(44)36(43)26-21-17-15-14-16-20-25-33(42)24-19-6-4-2/h14-17,20-21,25-26,33-37,42-44H,3-13,18-19,22-24,27-32,41H2,1-2H3,(H,47,48)(H,49,50)/b16-14-,17-15+,25-20+,26-21+/t33-,34+,35-,36-,37-/m0/s1. The first-order valence-electron chi connectivity index (χ1n) is 20.0. The summed E-state index contributed by atoms with van der Waals surface area (Å²) >= 11 is 0. The van der Waals surface area contributed by atoms with Gasteiger partial charge >= 0.3 is 25.7 Å². The summed E-state index contributed by atoms with van der Waals surface area (Å²) in [6.07, 6.45) is 25.6. The molecule has 0 heterocycles. The molecule has 0 aliphatic rings. The molecule has 0 spiro atoms. The molecule has 0 rings (SSSR count). The maximum atomic E-state index is 12.6. The lowest BCUT2D eigenvalue weighted by atomic mass is 10.1.